The number of nitrogens with zero attached hydrogens (tertiary/aromatic N) is 1. The predicted octanol–water partition coefficient (Wildman–Crippen LogP) is 1.11. The Bertz CT molecular complexity index is 375. The van der Waals surface area contributed by atoms with Gasteiger partial charge in [-0.1, -0.05) is 0 Å². The molecule has 0 saturated heterocycles. The van der Waals surface area contributed by atoms with E-state index >= 15 is 0 Å². The first-order valence-corrected chi connectivity index (χ1v) is 4.71. The van der Waals surface area contributed by atoms with Gasteiger partial charge in [0.1, 0.15) is 12.4 Å². The van der Waals surface area contributed by atoms with Gasteiger partial charge in [0.05, 0.1) is 11.5 Å². The van der Waals surface area contributed by atoms with Gasteiger partial charge in [0, 0.05) is 19.1 Å². The van der Waals surface area contributed by atoms with Gasteiger partial charge < -0.3 is 10.1 Å². The largest absolute Gasteiger partial charge is 0.492 e. The van der Waals surface area contributed by atoms with Crippen molar-refractivity contribution in [3.63, 3.8) is 0 Å². The van der Waals surface area contributed by atoms with Gasteiger partial charge >= 0.3 is 0 Å². The maximum absolute atomic E-state index is 10.5. The summed E-state index contributed by atoms with van der Waals surface area (Å²) in [5.74, 6) is 0.420. The number of non-ortho nitro benzene ring substituents is 1. The number of carbonyl (C=O) groups is 1. The number of nitrogens with one attached hydrogen (secondary N) is 1. The Morgan fingerprint density at radius 2 is 2.06 bits per heavy atom. The first-order valence-electron chi connectivity index (χ1n) is 4.71. The van der Waals surface area contributed by atoms with Crippen LogP contribution in [0, 0.1) is 10.1 Å². The van der Waals surface area contributed by atoms with E-state index in [2.05, 4.69) is 5.32 Å². The first-order chi connectivity index (χ1) is 7.59. The topological polar surface area (TPSA) is 81.5 Å². The lowest BCUT2D eigenvalue weighted by atomic mass is 10.3. The number of nitro benzene ring substituents is 1. The molecule has 1 rings (SSSR count). The van der Waals surface area contributed by atoms with E-state index in [0.717, 1.165) is 0 Å². The fourth-order valence-electron chi connectivity index (χ4n) is 1.06. The van der Waals surface area contributed by atoms with Crippen molar-refractivity contribution in [3.8, 4) is 5.75 Å². The Hall–Kier alpha value is -2.11. The Morgan fingerprint density at radius 1 is 1.44 bits per heavy atom. The summed E-state index contributed by atoms with van der Waals surface area (Å²) >= 11 is 0. The Morgan fingerprint density at radius 3 is 2.56 bits per heavy atom. The summed E-state index contributed by atoms with van der Waals surface area (Å²) < 4.78 is 5.25. The van der Waals surface area contributed by atoms with Crippen LogP contribution in [0.1, 0.15) is 6.92 Å². The van der Waals surface area contributed by atoms with E-state index in [1.54, 1.807) is 0 Å². The van der Waals surface area contributed by atoms with Crippen LogP contribution in [0.25, 0.3) is 0 Å². The van der Waals surface area contributed by atoms with Crippen molar-refractivity contribution >= 4 is 11.6 Å². The number of ether oxygens (including phenoxy) is 1. The zero-order valence-electron chi connectivity index (χ0n) is 8.80. The van der Waals surface area contributed by atoms with E-state index < -0.39 is 4.92 Å². The van der Waals surface area contributed by atoms with Crippen LogP contribution in [0.15, 0.2) is 24.3 Å². The van der Waals surface area contributed by atoms with Crippen LogP contribution in [0.5, 0.6) is 5.75 Å². The van der Waals surface area contributed by atoms with Gasteiger partial charge in [0.2, 0.25) is 5.91 Å². The van der Waals surface area contributed by atoms with Crippen LogP contribution < -0.4 is 10.1 Å². The Balaban J connectivity index is 2.38. The molecule has 0 heterocycles. The first kappa shape index (κ1) is 12.0. The fraction of sp³-hybridized carbons (Fsp3) is 0.300. The quantitative estimate of drug-likeness (QED) is 0.461. The molecular weight excluding hydrogens is 212 g/mol. The summed E-state index contributed by atoms with van der Waals surface area (Å²) in [5.41, 5.74) is 0.0224. The maximum atomic E-state index is 10.5. The molecular formula is C10H12N2O4. The fourth-order valence-corrected chi connectivity index (χ4v) is 1.06. The SMILES string of the molecule is CC(=O)NCCOc1ccc([N+](=O)[O-])cc1. The molecule has 0 fully saturated rings. The number of hydrogen-bond donors (Lipinski definition) is 1. The molecule has 86 valence electrons. The number of nitro groups is 1. The van der Waals surface area contributed by atoms with Gasteiger partial charge in [-0.3, -0.25) is 14.9 Å². The van der Waals surface area contributed by atoms with Gasteiger partial charge in [0.25, 0.3) is 5.69 Å². The Labute approximate surface area is 92.4 Å². The number of benzene rings is 1. The van der Waals surface area contributed by atoms with E-state index in [9.17, 15) is 14.9 Å². The summed E-state index contributed by atoms with van der Waals surface area (Å²) in [6.07, 6.45) is 0. The van der Waals surface area contributed by atoms with Crippen LogP contribution in [-0.2, 0) is 4.79 Å². The summed E-state index contributed by atoms with van der Waals surface area (Å²) in [6, 6.07) is 5.78. The molecule has 0 aliphatic rings. The second-order valence-corrected chi connectivity index (χ2v) is 3.08. The number of carbonyl (C=O) groups excluding carboxylic acids is 1. The summed E-state index contributed by atoms with van der Waals surface area (Å²) in [4.78, 5) is 20.4. The molecule has 0 atom stereocenters. The summed E-state index contributed by atoms with van der Waals surface area (Å²) in [6.45, 7) is 2.16. The molecule has 0 aromatic heterocycles. The molecule has 1 aromatic rings. The maximum Gasteiger partial charge on any atom is 0.269 e. The number of rotatable bonds is 5. The van der Waals surface area contributed by atoms with E-state index in [-0.39, 0.29) is 11.6 Å². The highest BCUT2D eigenvalue weighted by Crippen LogP contribution is 2.16. The molecule has 6 heteroatoms. The van der Waals surface area contributed by atoms with Crippen molar-refractivity contribution in [1.29, 1.82) is 0 Å². The lowest BCUT2D eigenvalue weighted by Gasteiger charge is -2.05. The number of amides is 1. The second kappa shape index (κ2) is 5.69. The van der Waals surface area contributed by atoms with Crippen LogP contribution in [-0.4, -0.2) is 24.0 Å². The predicted molar refractivity (Wildman–Crippen MR) is 57.3 cm³/mol. The molecule has 1 amide bonds. The highest BCUT2D eigenvalue weighted by atomic mass is 16.6. The second-order valence-electron chi connectivity index (χ2n) is 3.08. The van der Waals surface area contributed by atoms with Crippen molar-refractivity contribution in [3.05, 3.63) is 34.4 Å². The molecule has 0 saturated carbocycles. The third kappa shape index (κ3) is 3.95. The van der Waals surface area contributed by atoms with E-state index in [0.29, 0.717) is 18.9 Å². The smallest absolute Gasteiger partial charge is 0.269 e. The average Bonchev–Trinajstić information content (AvgIpc) is 2.25. The van der Waals surface area contributed by atoms with E-state index in [4.69, 9.17) is 4.74 Å². The minimum atomic E-state index is -0.471. The monoisotopic (exact) mass is 224 g/mol. The van der Waals surface area contributed by atoms with Gasteiger partial charge in [-0.2, -0.15) is 0 Å². The third-order valence-corrected chi connectivity index (χ3v) is 1.79. The number of hydrogen-bond acceptors (Lipinski definition) is 4. The van der Waals surface area contributed by atoms with E-state index in [1.165, 1.54) is 31.2 Å². The van der Waals surface area contributed by atoms with Crippen LogP contribution in [0.3, 0.4) is 0 Å². The summed E-state index contributed by atoms with van der Waals surface area (Å²) in [5, 5.41) is 12.9. The van der Waals surface area contributed by atoms with Crippen LogP contribution >= 0.6 is 0 Å². The minimum absolute atomic E-state index is 0.0224. The highest BCUT2D eigenvalue weighted by Gasteiger charge is 2.03. The van der Waals surface area contributed by atoms with Crippen molar-refractivity contribution in [2.75, 3.05) is 13.2 Å². The van der Waals surface area contributed by atoms with Crippen molar-refractivity contribution < 1.29 is 14.5 Å². The molecule has 0 spiro atoms. The summed E-state index contributed by atoms with van der Waals surface area (Å²) in [7, 11) is 0. The molecule has 0 aliphatic heterocycles. The Kier molecular flexibility index (Phi) is 4.26. The zero-order chi connectivity index (χ0) is 12.0. The normalized spacial score (nSPS) is 9.56. The van der Waals surface area contributed by atoms with Crippen LogP contribution in [0.2, 0.25) is 0 Å². The standard InChI is InChI=1S/C10H12N2O4/c1-8(13)11-6-7-16-10-4-2-9(3-5-10)12(14)15/h2-5H,6-7H2,1H3,(H,11,13). The lowest BCUT2D eigenvalue weighted by Crippen LogP contribution is -2.25. The molecule has 6 nitrogen and oxygen atoms in total. The molecule has 0 radical (unpaired) electrons. The van der Waals surface area contributed by atoms with E-state index in [1.807, 2.05) is 0 Å². The molecule has 0 unspecified atom stereocenters. The molecule has 0 bridgehead atoms. The molecule has 1 aromatic carbocycles. The highest BCUT2D eigenvalue weighted by molar-refractivity contribution is 5.72. The zero-order valence-corrected chi connectivity index (χ0v) is 8.80. The van der Waals surface area contributed by atoms with Crippen molar-refractivity contribution in [2.45, 2.75) is 6.92 Å². The lowest BCUT2D eigenvalue weighted by molar-refractivity contribution is -0.384. The molecule has 1 N–H and O–H groups in total. The van der Waals surface area contributed by atoms with Gasteiger partial charge in [0.15, 0.2) is 0 Å². The minimum Gasteiger partial charge on any atom is -0.492 e. The van der Waals surface area contributed by atoms with Gasteiger partial charge in [-0.05, 0) is 12.1 Å². The third-order valence-electron chi connectivity index (χ3n) is 1.79. The average molecular weight is 224 g/mol. The molecule has 0 aliphatic carbocycles. The van der Waals surface area contributed by atoms with Crippen LogP contribution in [0.4, 0.5) is 5.69 Å². The van der Waals surface area contributed by atoms with Crippen molar-refractivity contribution in [1.82, 2.24) is 5.32 Å². The van der Waals surface area contributed by atoms with Crippen molar-refractivity contribution in [2.24, 2.45) is 0 Å². The molecule has 16 heavy (non-hydrogen) atoms. The van der Waals surface area contributed by atoms with Gasteiger partial charge in [-0.25, -0.2) is 0 Å². The van der Waals surface area contributed by atoms with Gasteiger partial charge in [-0.15, -0.1) is 0 Å².